The summed E-state index contributed by atoms with van der Waals surface area (Å²) in [6, 6.07) is 28.7. The molecule has 0 aliphatic heterocycles. The summed E-state index contributed by atoms with van der Waals surface area (Å²) in [4.78, 5) is 30.6. The van der Waals surface area contributed by atoms with Crippen molar-refractivity contribution in [1.82, 2.24) is 9.66 Å². The van der Waals surface area contributed by atoms with Crippen molar-refractivity contribution in [2.24, 2.45) is 5.10 Å². The summed E-state index contributed by atoms with van der Waals surface area (Å²) in [5.74, 6) is 0.827. The number of para-hydroxylation sites is 2. The number of hydrogen-bond acceptors (Lipinski definition) is 6. The molecule has 0 saturated carbocycles. The molecule has 1 amide bonds. The molecule has 1 N–H and O–H groups in total. The average Bonchev–Trinajstić information content (AvgIpc) is 3.40. The van der Waals surface area contributed by atoms with Crippen molar-refractivity contribution in [3.8, 4) is 17.3 Å². The SMILES string of the molecule is Cc1ccccc1NC(=O)COc1cccc(C=Nn2c(-c3cc4cc(Cl)ccc4o3)nc3ccccc3c2=O)c1. The van der Waals surface area contributed by atoms with Gasteiger partial charge in [-0.3, -0.25) is 9.59 Å². The average molecular weight is 563 g/mol. The molecule has 41 heavy (non-hydrogen) atoms. The second-order valence-corrected chi connectivity index (χ2v) is 9.77. The number of ether oxygens (including phenoxy) is 1. The summed E-state index contributed by atoms with van der Waals surface area (Å²) in [7, 11) is 0. The number of anilines is 1. The van der Waals surface area contributed by atoms with Crippen LogP contribution in [0.1, 0.15) is 11.1 Å². The maximum atomic E-state index is 13.5. The van der Waals surface area contributed by atoms with Gasteiger partial charge in [-0.1, -0.05) is 54.1 Å². The molecule has 0 atom stereocenters. The van der Waals surface area contributed by atoms with Crippen LogP contribution in [0.25, 0.3) is 33.5 Å². The zero-order valence-electron chi connectivity index (χ0n) is 21.9. The number of hydrogen-bond donors (Lipinski definition) is 1. The molecular formula is C32H23ClN4O4. The Labute approximate surface area is 239 Å². The van der Waals surface area contributed by atoms with E-state index in [0.29, 0.717) is 38.6 Å². The van der Waals surface area contributed by atoms with Gasteiger partial charge in [0.2, 0.25) is 5.82 Å². The predicted octanol–water partition coefficient (Wildman–Crippen LogP) is 6.67. The number of nitrogens with zero attached hydrogens (tertiary/aromatic N) is 3. The maximum Gasteiger partial charge on any atom is 0.282 e. The van der Waals surface area contributed by atoms with E-state index < -0.39 is 0 Å². The van der Waals surface area contributed by atoms with E-state index in [4.69, 9.17) is 25.7 Å². The predicted molar refractivity (Wildman–Crippen MR) is 161 cm³/mol. The molecule has 0 radical (unpaired) electrons. The third kappa shape index (κ3) is 5.59. The molecular weight excluding hydrogens is 540 g/mol. The Hall–Kier alpha value is -5.21. The fraction of sp³-hybridized carbons (Fsp3) is 0.0625. The van der Waals surface area contributed by atoms with E-state index in [9.17, 15) is 9.59 Å². The van der Waals surface area contributed by atoms with Gasteiger partial charge in [0, 0.05) is 16.1 Å². The van der Waals surface area contributed by atoms with Crippen molar-refractivity contribution >= 4 is 51.3 Å². The number of aryl methyl sites for hydroxylation is 1. The van der Waals surface area contributed by atoms with Crippen LogP contribution in [0.5, 0.6) is 5.75 Å². The molecule has 202 valence electrons. The van der Waals surface area contributed by atoms with Crippen molar-refractivity contribution in [2.45, 2.75) is 6.92 Å². The number of carbonyl (C=O) groups is 1. The summed E-state index contributed by atoms with van der Waals surface area (Å²) < 4.78 is 12.9. The van der Waals surface area contributed by atoms with E-state index in [1.165, 1.54) is 10.9 Å². The number of amides is 1. The monoisotopic (exact) mass is 562 g/mol. The number of benzene rings is 4. The lowest BCUT2D eigenvalue weighted by atomic mass is 10.2. The van der Waals surface area contributed by atoms with Crippen LogP contribution >= 0.6 is 11.6 Å². The molecule has 2 heterocycles. The van der Waals surface area contributed by atoms with Crippen LogP contribution in [0.15, 0.2) is 111 Å². The van der Waals surface area contributed by atoms with Gasteiger partial charge in [0.1, 0.15) is 11.3 Å². The van der Waals surface area contributed by atoms with E-state index in [1.807, 2.05) is 43.3 Å². The summed E-state index contributed by atoms with van der Waals surface area (Å²) >= 11 is 6.15. The van der Waals surface area contributed by atoms with Crippen LogP contribution in [0.2, 0.25) is 5.02 Å². The molecule has 0 fully saturated rings. The normalized spacial score (nSPS) is 11.4. The van der Waals surface area contributed by atoms with E-state index in [-0.39, 0.29) is 23.9 Å². The first kappa shape index (κ1) is 26.0. The zero-order valence-corrected chi connectivity index (χ0v) is 22.6. The van der Waals surface area contributed by atoms with Crippen LogP contribution < -0.4 is 15.6 Å². The smallest absolute Gasteiger partial charge is 0.282 e. The van der Waals surface area contributed by atoms with Crippen LogP contribution in [-0.4, -0.2) is 28.4 Å². The van der Waals surface area contributed by atoms with Crippen molar-refractivity contribution in [3.63, 3.8) is 0 Å². The molecule has 9 heteroatoms. The number of furan rings is 1. The Morgan fingerprint density at radius 3 is 2.73 bits per heavy atom. The second kappa shape index (κ2) is 11.1. The van der Waals surface area contributed by atoms with Crippen molar-refractivity contribution in [2.75, 3.05) is 11.9 Å². The van der Waals surface area contributed by atoms with E-state index in [1.54, 1.807) is 60.7 Å². The minimum absolute atomic E-state index is 0.163. The van der Waals surface area contributed by atoms with E-state index in [0.717, 1.165) is 16.6 Å². The summed E-state index contributed by atoms with van der Waals surface area (Å²) in [5, 5.41) is 9.10. The number of nitrogens with one attached hydrogen (secondary N) is 1. The highest BCUT2D eigenvalue weighted by molar-refractivity contribution is 6.31. The fourth-order valence-electron chi connectivity index (χ4n) is 4.37. The lowest BCUT2D eigenvalue weighted by Gasteiger charge is -2.10. The van der Waals surface area contributed by atoms with Crippen LogP contribution in [0.4, 0.5) is 5.69 Å². The molecule has 6 rings (SSSR count). The van der Waals surface area contributed by atoms with E-state index in [2.05, 4.69) is 10.4 Å². The van der Waals surface area contributed by atoms with Crippen molar-refractivity contribution in [1.29, 1.82) is 0 Å². The number of fused-ring (bicyclic) bond motifs is 2. The highest BCUT2D eigenvalue weighted by Crippen LogP contribution is 2.29. The van der Waals surface area contributed by atoms with Gasteiger partial charge in [-0.15, -0.1) is 0 Å². The first-order valence-corrected chi connectivity index (χ1v) is 13.2. The Morgan fingerprint density at radius 1 is 1.02 bits per heavy atom. The molecule has 0 aliphatic rings. The standard InChI is InChI=1S/C32H23ClN4O4/c1-20-7-2-4-11-26(20)35-30(38)19-40-24-9-6-8-21(15-24)18-34-37-31(36-27-12-5-3-10-25(27)32(37)39)29-17-22-16-23(33)13-14-28(22)41-29/h2-18H,19H2,1H3,(H,35,38). The highest BCUT2D eigenvalue weighted by Gasteiger charge is 2.16. The Morgan fingerprint density at radius 2 is 1.85 bits per heavy atom. The first-order valence-electron chi connectivity index (χ1n) is 12.8. The number of halogens is 1. The first-order chi connectivity index (χ1) is 19.9. The number of aromatic nitrogens is 2. The van der Waals surface area contributed by atoms with Gasteiger partial charge in [-0.05, 0) is 72.6 Å². The van der Waals surface area contributed by atoms with Crippen LogP contribution in [0.3, 0.4) is 0 Å². The quantitative estimate of drug-likeness (QED) is 0.219. The zero-order chi connectivity index (χ0) is 28.3. The lowest BCUT2D eigenvalue weighted by molar-refractivity contribution is -0.118. The van der Waals surface area contributed by atoms with E-state index >= 15 is 0 Å². The Kier molecular flexibility index (Phi) is 7.06. The largest absolute Gasteiger partial charge is 0.484 e. The molecule has 0 spiro atoms. The van der Waals surface area contributed by atoms with Gasteiger partial charge in [0.25, 0.3) is 11.5 Å². The second-order valence-electron chi connectivity index (χ2n) is 9.33. The minimum Gasteiger partial charge on any atom is -0.484 e. The topological polar surface area (TPSA) is 98.7 Å². The number of rotatable bonds is 7. The van der Waals surface area contributed by atoms with Crippen LogP contribution in [-0.2, 0) is 4.79 Å². The molecule has 0 saturated heterocycles. The Balaban J connectivity index is 1.29. The highest BCUT2D eigenvalue weighted by atomic mass is 35.5. The number of carbonyl (C=O) groups excluding carboxylic acids is 1. The van der Waals surface area contributed by atoms with Gasteiger partial charge >= 0.3 is 0 Å². The van der Waals surface area contributed by atoms with Crippen LogP contribution in [0, 0.1) is 6.92 Å². The molecule has 2 aromatic heterocycles. The molecule has 0 aliphatic carbocycles. The fourth-order valence-corrected chi connectivity index (χ4v) is 4.55. The Bertz CT molecular complexity index is 2010. The summed E-state index contributed by atoms with van der Waals surface area (Å²) in [6.07, 6.45) is 1.53. The molecule has 6 aromatic rings. The third-order valence-electron chi connectivity index (χ3n) is 6.42. The van der Waals surface area contributed by atoms with Gasteiger partial charge in [0.05, 0.1) is 17.1 Å². The molecule has 8 nitrogen and oxygen atoms in total. The summed E-state index contributed by atoms with van der Waals surface area (Å²) in [6.45, 7) is 1.76. The molecule has 0 unspecified atom stereocenters. The van der Waals surface area contributed by atoms with Gasteiger partial charge in [0.15, 0.2) is 12.4 Å². The van der Waals surface area contributed by atoms with Gasteiger partial charge < -0.3 is 14.5 Å². The van der Waals surface area contributed by atoms with Crippen molar-refractivity contribution < 1.29 is 13.9 Å². The van der Waals surface area contributed by atoms with Gasteiger partial charge in [-0.25, -0.2) is 4.98 Å². The molecule has 4 aromatic carbocycles. The lowest BCUT2D eigenvalue weighted by Crippen LogP contribution is -2.20. The van der Waals surface area contributed by atoms with Gasteiger partial charge in [-0.2, -0.15) is 9.78 Å². The molecule has 0 bridgehead atoms. The van der Waals surface area contributed by atoms with Crippen molar-refractivity contribution in [3.05, 3.63) is 124 Å². The summed E-state index contributed by atoms with van der Waals surface area (Å²) in [5.41, 5.74) is 3.14. The minimum atomic E-state index is -0.347. The maximum absolute atomic E-state index is 13.5. The third-order valence-corrected chi connectivity index (χ3v) is 6.66.